The maximum atomic E-state index is 3.68. The van der Waals surface area contributed by atoms with Gasteiger partial charge in [0.05, 0.1) is 9.83 Å². The van der Waals surface area contributed by atoms with E-state index in [1.165, 1.54) is 21.6 Å². The van der Waals surface area contributed by atoms with Gasteiger partial charge in [0.15, 0.2) is 0 Å². The molecule has 0 bridgehead atoms. The molecule has 0 aliphatic heterocycles. The monoisotopic (exact) mass is 415 g/mol. The van der Waals surface area contributed by atoms with Crippen LogP contribution in [0.5, 0.6) is 0 Å². The van der Waals surface area contributed by atoms with Crippen molar-refractivity contribution in [2.24, 2.45) is 0 Å². The summed E-state index contributed by atoms with van der Waals surface area (Å²) in [6, 6.07) is 9.16. The molecule has 4 heteroatoms. The Morgan fingerprint density at radius 3 is 2.55 bits per heavy atom. The number of hydrogen-bond donors (Lipinski definition) is 1. The van der Waals surface area contributed by atoms with E-state index in [2.05, 4.69) is 82.2 Å². The molecule has 0 spiro atoms. The van der Waals surface area contributed by atoms with Gasteiger partial charge in [0.1, 0.15) is 0 Å². The number of rotatable bonds is 5. The summed E-state index contributed by atoms with van der Waals surface area (Å²) < 4.78 is 2.28. The Morgan fingerprint density at radius 1 is 1.20 bits per heavy atom. The molecule has 2 rings (SSSR count). The van der Waals surface area contributed by atoms with E-state index in [-0.39, 0.29) is 6.04 Å². The fraction of sp³-hybridized carbons (Fsp3) is 0.375. The van der Waals surface area contributed by atoms with E-state index in [1.807, 2.05) is 0 Å². The Bertz CT molecular complexity index is 573. The van der Waals surface area contributed by atoms with Gasteiger partial charge in [0.25, 0.3) is 0 Å². The lowest BCUT2D eigenvalue weighted by molar-refractivity contribution is 0.603. The van der Waals surface area contributed by atoms with Crippen molar-refractivity contribution >= 4 is 43.2 Å². The summed E-state index contributed by atoms with van der Waals surface area (Å²) >= 11 is 8.99. The molecule has 1 unspecified atom stereocenters. The van der Waals surface area contributed by atoms with Crippen molar-refractivity contribution in [3.05, 3.63) is 54.1 Å². The van der Waals surface area contributed by atoms with E-state index in [0.29, 0.717) is 0 Å². The van der Waals surface area contributed by atoms with Crippen LogP contribution in [0.4, 0.5) is 0 Å². The maximum Gasteiger partial charge on any atom is 0.0843 e. The van der Waals surface area contributed by atoms with Crippen LogP contribution in [0.15, 0.2) is 32.5 Å². The van der Waals surface area contributed by atoms with E-state index >= 15 is 0 Å². The van der Waals surface area contributed by atoms with Gasteiger partial charge in [-0.2, -0.15) is 0 Å². The topological polar surface area (TPSA) is 12.0 Å². The lowest BCUT2D eigenvalue weighted by Gasteiger charge is -2.20. The number of benzene rings is 1. The summed E-state index contributed by atoms with van der Waals surface area (Å²) in [4.78, 5) is 1.34. The van der Waals surface area contributed by atoms with Crippen LogP contribution in [0.2, 0.25) is 0 Å². The zero-order valence-corrected chi connectivity index (χ0v) is 16.0. The molecule has 1 aromatic heterocycles. The summed E-state index contributed by atoms with van der Waals surface area (Å²) in [5, 5.41) is 3.68. The zero-order chi connectivity index (χ0) is 14.7. The predicted molar refractivity (Wildman–Crippen MR) is 95.8 cm³/mol. The molecule has 1 heterocycles. The fourth-order valence-corrected chi connectivity index (χ4v) is 4.41. The summed E-state index contributed by atoms with van der Waals surface area (Å²) in [5.74, 6) is 0. The lowest BCUT2D eigenvalue weighted by Crippen LogP contribution is -2.23. The van der Waals surface area contributed by atoms with Crippen molar-refractivity contribution < 1.29 is 0 Å². The molecule has 0 aliphatic rings. The molecule has 0 fully saturated rings. The van der Waals surface area contributed by atoms with Gasteiger partial charge in [-0.1, -0.05) is 30.7 Å². The van der Waals surface area contributed by atoms with Crippen LogP contribution >= 0.6 is 43.2 Å². The highest BCUT2D eigenvalue weighted by Gasteiger charge is 2.19. The van der Waals surface area contributed by atoms with Crippen LogP contribution in [-0.4, -0.2) is 6.54 Å². The van der Waals surface area contributed by atoms with Gasteiger partial charge >= 0.3 is 0 Å². The second-order valence-electron chi connectivity index (χ2n) is 5.02. The molecule has 2 aromatic rings. The van der Waals surface area contributed by atoms with Crippen molar-refractivity contribution in [3.8, 4) is 0 Å². The number of hydrogen-bond acceptors (Lipinski definition) is 2. The lowest BCUT2D eigenvalue weighted by atomic mass is 9.97. The Balaban J connectivity index is 2.43. The maximum absolute atomic E-state index is 3.68. The Labute approximate surface area is 142 Å². The quantitative estimate of drug-likeness (QED) is 0.632. The van der Waals surface area contributed by atoms with Crippen molar-refractivity contribution in [3.63, 3.8) is 0 Å². The summed E-state index contributed by atoms with van der Waals surface area (Å²) in [5.41, 5.74) is 4.02. The molecular formula is C16H19Br2NS. The average Bonchev–Trinajstić information content (AvgIpc) is 2.74. The third kappa shape index (κ3) is 3.73. The van der Waals surface area contributed by atoms with E-state index in [0.717, 1.165) is 21.2 Å². The first-order chi connectivity index (χ1) is 9.52. The van der Waals surface area contributed by atoms with Crippen LogP contribution < -0.4 is 5.32 Å². The average molecular weight is 417 g/mol. The fourth-order valence-electron chi connectivity index (χ4n) is 2.23. The molecule has 0 aliphatic carbocycles. The molecule has 20 heavy (non-hydrogen) atoms. The Hall–Kier alpha value is -0.160. The molecule has 0 saturated carbocycles. The Morgan fingerprint density at radius 2 is 1.95 bits per heavy atom. The number of aryl methyl sites for hydroxylation is 2. The minimum absolute atomic E-state index is 0.266. The standard InChI is InChI=1S/C16H19Br2NS/c1-4-7-19-15(14-9-13(17)16(18)20-14)12-8-10(2)5-6-11(12)3/h5-6,8-9,15,19H,4,7H2,1-3H3. The van der Waals surface area contributed by atoms with Crippen LogP contribution in [0.3, 0.4) is 0 Å². The molecular weight excluding hydrogens is 398 g/mol. The van der Waals surface area contributed by atoms with Gasteiger partial charge in [-0.3, -0.25) is 0 Å². The number of nitrogens with one attached hydrogen (secondary N) is 1. The predicted octanol–water partition coefficient (Wildman–Crippen LogP) is 5.98. The zero-order valence-electron chi connectivity index (χ0n) is 12.0. The highest BCUT2D eigenvalue weighted by molar-refractivity contribution is 9.13. The van der Waals surface area contributed by atoms with E-state index in [4.69, 9.17) is 0 Å². The van der Waals surface area contributed by atoms with Crippen LogP contribution in [-0.2, 0) is 0 Å². The third-order valence-corrected chi connectivity index (χ3v) is 6.61. The molecule has 1 atom stereocenters. The van der Waals surface area contributed by atoms with Crippen molar-refractivity contribution in [2.75, 3.05) is 6.54 Å². The van der Waals surface area contributed by atoms with Crippen LogP contribution in [0.1, 0.15) is 41.0 Å². The van der Waals surface area contributed by atoms with Crippen molar-refractivity contribution in [2.45, 2.75) is 33.2 Å². The van der Waals surface area contributed by atoms with E-state index in [1.54, 1.807) is 11.3 Å². The summed E-state index contributed by atoms with van der Waals surface area (Å²) in [7, 11) is 0. The van der Waals surface area contributed by atoms with Gasteiger partial charge in [-0.15, -0.1) is 11.3 Å². The van der Waals surface area contributed by atoms with Gasteiger partial charge in [0.2, 0.25) is 0 Å². The minimum atomic E-state index is 0.266. The highest BCUT2D eigenvalue weighted by atomic mass is 79.9. The molecule has 0 amide bonds. The molecule has 0 saturated heterocycles. The smallest absolute Gasteiger partial charge is 0.0843 e. The second kappa shape index (κ2) is 7.21. The first-order valence-corrected chi connectivity index (χ1v) is 9.18. The van der Waals surface area contributed by atoms with Crippen LogP contribution in [0, 0.1) is 13.8 Å². The van der Waals surface area contributed by atoms with Crippen molar-refractivity contribution in [1.82, 2.24) is 5.32 Å². The number of halogens is 2. The van der Waals surface area contributed by atoms with Crippen LogP contribution in [0.25, 0.3) is 0 Å². The van der Waals surface area contributed by atoms with E-state index < -0.39 is 0 Å². The van der Waals surface area contributed by atoms with Gasteiger partial charge in [0, 0.05) is 9.35 Å². The van der Waals surface area contributed by atoms with E-state index in [9.17, 15) is 0 Å². The molecule has 1 nitrogen and oxygen atoms in total. The first-order valence-electron chi connectivity index (χ1n) is 6.78. The van der Waals surface area contributed by atoms with Gasteiger partial charge in [-0.25, -0.2) is 0 Å². The summed E-state index contributed by atoms with van der Waals surface area (Å²) in [6.07, 6.45) is 1.13. The highest BCUT2D eigenvalue weighted by Crippen LogP contribution is 2.38. The third-order valence-electron chi connectivity index (χ3n) is 3.29. The largest absolute Gasteiger partial charge is 0.306 e. The number of thiophene rings is 1. The Kier molecular flexibility index (Phi) is 5.84. The molecule has 108 valence electrons. The minimum Gasteiger partial charge on any atom is -0.306 e. The SMILES string of the molecule is CCCNC(c1cc(Br)c(Br)s1)c1cc(C)ccc1C. The first kappa shape index (κ1) is 16.2. The van der Waals surface area contributed by atoms with Gasteiger partial charge < -0.3 is 5.32 Å². The molecule has 1 N–H and O–H groups in total. The molecule has 1 aromatic carbocycles. The van der Waals surface area contributed by atoms with Gasteiger partial charge in [-0.05, 0) is 75.9 Å². The normalized spacial score (nSPS) is 12.7. The second-order valence-corrected chi connectivity index (χ2v) is 8.27. The molecule has 0 radical (unpaired) electrons. The van der Waals surface area contributed by atoms with Crippen molar-refractivity contribution in [1.29, 1.82) is 0 Å². The summed E-state index contributed by atoms with van der Waals surface area (Å²) in [6.45, 7) is 7.56.